The first-order valence-electron chi connectivity index (χ1n) is 8.21. The van der Waals surface area contributed by atoms with Crippen molar-refractivity contribution in [2.45, 2.75) is 6.92 Å². The molecule has 2 heterocycles. The minimum Gasteiger partial charge on any atom is -0.322 e. The second-order valence-corrected chi connectivity index (χ2v) is 6.57. The molecule has 0 aliphatic carbocycles. The zero-order valence-electron chi connectivity index (χ0n) is 14.1. The molecule has 0 bridgehead atoms. The van der Waals surface area contributed by atoms with Crippen LogP contribution in [0.2, 0.25) is 5.02 Å². The molecule has 128 valence electrons. The zero-order chi connectivity index (χ0) is 18.1. The van der Waals surface area contributed by atoms with Crippen LogP contribution in [0.15, 0.2) is 73.1 Å². The van der Waals surface area contributed by atoms with Gasteiger partial charge in [0.15, 0.2) is 0 Å². The van der Waals surface area contributed by atoms with Crippen molar-refractivity contribution in [3.05, 3.63) is 89.2 Å². The van der Waals surface area contributed by atoms with Gasteiger partial charge in [0.1, 0.15) is 5.65 Å². The summed E-state index contributed by atoms with van der Waals surface area (Å²) in [4.78, 5) is 16.9. The van der Waals surface area contributed by atoms with Crippen LogP contribution in [0, 0.1) is 6.92 Å². The molecule has 0 unspecified atom stereocenters. The van der Waals surface area contributed by atoms with E-state index < -0.39 is 0 Å². The van der Waals surface area contributed by atoms with E-state index >= 15 is 0 Å². The van der Waals surface area contributed by atoms with Crippen LogP contribution in [0.25, 0.3) is 16.9 Å². The lowest BCUT2D eigenvalue weighted by atomic mass is 10.1. The number of carbonyl (C=O) groups excluding carboxylic acids is 1. The molecule has 2 aromatic heterocycles. The maximum absolute atomic E-state index is 12.3. The summed E-state index contributed by atoms with van der Waals surface area (Å²) in [6.07, 6.45) is 4.00. The number of carbonyl (C=O) groups is 1. The summed E-state index contributed by atoms with van der Waals surface area (Å²) < 4.78 is 2.00. The number of benzene rings is 2. The molecule has 4 rings (SSSR count). The summed E-state index contributed by atoms with van der Waals surface area (Å²) in [5.74, 6) is -0.191. The molecule has 1 amide bonds. The number of hydrogen-bond acceptors (Lipinski definition) is 2. The van der Waals surface area contributed by atoms with Crippen LogP contribution >= 0.6 is 11.6 Å². The van der Waals surface area contributed by atoms with Crippen molar-refractivity contribution in [1.82, 2.24) is 9.38 Å². The number of imidazole rings is 1. The molecule has 26 heavy (non-hydrogen) atoms. The average molecular weight is 362 g/mol. The molecular formula is C21H16ClN3O. The standard InChI is InChI=1S/C21H16ClN3O/c1-14-9-10-25-13-19(24-20(25)11-14)15-5-7-18(8-6-15)23-21(26)16-3-2-4-17(22)12-16/h2-13H,1H3,(H,23,26). The molecule has 0 aliphatic rings. The maximum atomic E-state index is 12.3. The van der Waals surface area contributed by atoms with E-state index in [1.807, 2.05) is 60.1 Å². The van der Waals surface area contributed by atoms with Crippen LogP contribution in [-0.4, -0.2) is 15.3 Å². The molecule has 0 saturated carbocycles. The Labute approximate surface area is 156 Å². The quantitative estimate of drug-likeness (QED) is 0.544. The molecule has 0 radical (unpaired) electrons. The summed E-state index contributed by atoms with van der Waals surface area (Å²) in [6, 6.07) is 18.6. The SMILES string of the molecule is Cc1ccn2cc(-c3ccc(NC(=O)c4cccc(Cl)c4)cc3)nc2c1. The van der Waals surface area contributed by atoms with Gasteiger partial charge in [0.05, 0.1) is 5.69 Å². The summed E-state index contributed by atoms with van der Waals surface area (Å²) in [5, 5.41) is 3.41. The summed E-state index contributed by atoms with van der Waals surface area (Å²) >= 11 is 5.93. The van der Waals surface area contributed by atoms with Gasteiger partial charge >= 0.3 is 0 Å². The number of amides is 1. The molecule has 4 aromatic rings. The van der Waals surface area contributed by atoms with Gasteiger partial charge in [-0.3, -0.25) is 4.79 Å². The Morgan fingerprint density at radius 2 is 1.88 bits per heavy atom. The monoisotopic (exact) mass is 361 g/mol. The minimum atomic E-state index is -0.191. The van der Waals surface area contributed by atoms with Gasteiger partial charge in [-0.1, -0.05) is 29.8 Å². The zero-order valence-corrected chi connectivity index (χ0v) is 14.9. The summed E-state index contributed by atoms with van der Waals surface area (Å²) in [6.45, 7) is 2.05. The number of fused-ring (bicyclic) bond motifs is 1. The molecule has 2 aromatic carbocycles. The first-order chi connectivity index (χ1) is 12.6. The predicted octanol–water partition coefficient (Wildman–Crippen LogP) is 5.22. The number of hydrogen-bond donors (Lipinski definition) is 1. The van der Waals surface area contributed by atoms with E-state index in [9.17, 15) is 4.79 Å². The topological polar surface area (TPSA) is 46.4 Å². The first kappa shape index (κ1) is 16.4. The van der Waals surface area contributed by atoms with E-state index in [4.69, 9.17) is 11.6 Å². The van der Waals surface area contributed by atoms with Crippen molar-refractivity contribution in [1.29, 1.82) is 0 Å². The van der Waals surface area contributed by atoms with Crippen LogP contribution in [0.3, 0.4) is 0 Å². The van der Waals surface area contributed by atoms with E-state index in [2.05, 4.69) is 10.3 Å². The van der Waals surface area contributed by atoms with Crippen molar-refractivity contribution in [3.63, 3.8) is 0 Å². The van der Waals surface area contributed by atoms with Crippen LogP contribution in [0.1, 0.15) is 15.9 Å². The molecule has 0 aliphatic heterocycles. The van der Waals surface area contributed by atoms with Crippen LogP contribution in [0.4, 0.5) is 5.69 Å². The van der Waals surface area contributed by atoms with E-state index in [1.54, 1.807) is 24.3 Å². The summed E-state index contributed by atoms with van der Waals surface area (Å²) in [5.41, 5.74) is 5.22. The number of nitrogens with zero attached hydrogens (tertiary/aromatic N) is 2. The number of nitrogens with one attached hydrogen (secondary N) is 1. The highest BCUT2D eigenvalue weighted by atomic mass is 35.5. The van der Waals surface area contributed by atoms with Crippen molar-refractivity contribution < 1.29 is 4.79 Å². The number of halogens is 1. The third-order valence-electron chi connectivity index (χ3n) is 4.14. The van der Waals surface area contributed by atoms with Gasteiger partial charge in [0.2, 0.25) is 0 Å². The third kappa shape index (κ3) is 3.32. The Hall–Kier alpha value is -3.11. The fourth-order valence-electron chi connectivity index (χ4n) is 2.78. The maximum Gasteiger partial charge on any atom is 0.255 e. The summed E-state index contributed by atoms with van der Waals surface area (Å²) in [7, 11) is 0. The van der Waals surface area contributed by atoms with Gasteiger partial charge in [-0.25, -0.2) is 4.98 Å². The van der Waals surface area contributed by atoms with E-state index in [0.717, 1.165) is 22.6 Å². The Bertz CT molecular complexity index is 1100. The molecule has 0 fully saturated rings. The van der Waals surface area contributed by atoms with Gasteiger partial charge < -0.3 is 9.72 Å². The van der Waals surface area contributed by atoms with Gasteiger partial charge in [0.25, 0.3) is 5.91 Å². The smallest absolute Gasteiger partial charge is 0.255 e. The molecule has 0 spiro atoms. The van der Waals surface area contributed by atoms with Crippen molar-refractivity contribution in [2.24, 2.45) is 0 Å². The Balaban J connectivity index is 1.55. The predicted molar refractivity (Wildman–Crippen MR) is 105 cm³/mol. The minimum absolute atomic E-state index is 0.191. The van der Waals surface area contributed by atoms with Gasteiger partial charge in [-0.2, -0.15) is 0 Å². The second kappa shape index (κ2) is 6.65. The van der Waals surface area contributed by atoms with Crippen molar-refractivity contribution in [2.75, 3.05) is 5.32 Å². The van der Waals surface area contributed by atoms with Crippen LogP contribution < -0.4 is 5.32 Å². The largest absolute Gasteiger partial charge is 0.322 e. The Kier molecular flexibility index (Phi) is 4.19. The van der Waals surface area contributed by atoms with Crippen LogP contribution in [0.5, 0.6) is 0 Å². The number of aromatic nitrogens is 2. The Morgan fingerprint density at radius 3 is 2.65 bits per heavy atom. The third-order valence-corrected chi connectivity index (χ3v) is 4.38. The molecule has 1 N–H and O–H groups in total. The fourth-order valence-corrected chi connectivity index (χ4v) is 2.97. The highest BCUT2D eigenvalue weighted by Crippen LogP contribution is 2.22. The van der Waals surface area contributed by atoms with Crippen molar-refractivity contribution in [3.8, 4) is 11.3 Å². The molecular weight excluding hydrogens is 346 g/mol. The molecule has 0 atom stereocenters. The highest BCUT2D eigenvalue weighted by molar-refractivity contribution is 6.31. The van der Waals surface area contributed by atoms with Crippen LogP contribution in [-0.2, 0) is 0 Å². The number of pyridine rings is 1. The normalized spacial score (nSPS) is 10.8. The van der Waals surface area contributed by atoms with Gasteiger partial charge in [-0.05, 0) is 55.0 Å². The molecule has 0 saturated heterocycles. The van der Waals surface area contributed by atoms with Crippen molar-refractivity contribution >= 4 is 28.8 Å². The fraction of sp³-hybridized carbons (Fsp3) is 0.0476. The molecule has 5 heteroatoms. The second-order valence-electron chi connectivity index (χ2n) is 6.14. The lowest BCUT2D eigenvalue weighted by molar-refractivity contribution is 0.102. The number of aryl methyl sites for hydroxylation is 1. The lowest BCUT2D eigenvalue weighted by Gasteiger charge is -2.06. The van der Waals surface area contributed by atoms with E-state index in [-0.39, 0.29) is 5.91 Å². The number of anilines is 1. The Morgan fingerprint density at radius 1 is 1.08 bits per heavy atom. The lowest BCUT2D eigenvalue weighted by Crippen LogP contribution is -2.11. The average Bonchev–Trinajstić information content (AvgIpc) is 3.05. The number of rotatable bonds is 3. The van der Waals surface area contributed by atoms with E-state index in [0.29, 0.717) is 10.6 Å². The molecule has 4 nitrogen and oxygen atoms in total. The highest BCUT2D eigenvalue weighted by Gasteiger charge is 2.08. The first-order valence-corrected chi connectivity index (χ1v) is 8.59. The van der Waals surface area contributed by atoms with Gasteiger partial charge in [0, 0.05) is 34.2 Å². The van der Waals surface area contributed by atoms with E-state index in [1.165, 1.54) is 5.56 Å². The van der Waals surface area contributed by atoms with Gasteiger partial charge in [-0.15, -0.1) is 0 Å².